The summed E-state index contributed by atoms with van der Waals surface area (Å²) in [5.41, 5.74) is 9.47. The number of aryl methyl sites for hydroxylation is 2. The molecule has 17 heavy (non-hydrogen) atoms. The molecular weight excluding hydrogens is 232 g/mol. The maximum absolute atomic E-state index is 10.8. The first kappa shape index (κ1) is 11.8. The van der Waals surface area contributed by atoms with E-state index >= 15 is 0 Å². The van der Waals surface area contributed by atoms with Crippen molar-refractivity contribution in [3.8, 4) is 10.6 Å². The normalized spacial score (nSPS) is 10.5. The van der Waals surface area contributed by atoms with Crippen LogP contribution in [0.1, 0.15) is 16.8 Å². The van der Waals surface area contributed by atoms with Gasteiger partial charge in [0.2, 0.25) is 5.91 Å². The first-order valence-corrected chi connectivity index (χ1v) is 6.25. The molecule has 4 heteroatoms. The summed E-state index contributed by atoms with van der Waals surface area (Å²) in [5.74, 6) is -0.344. The summed E-state index contributed by atoms with van der Waals surface area (Å²) in [6.45, 7) is 4.13. The molecule has 0 radical (unpaired) electrons. The van der Waals surface area contributed by atoms with Crippen molar-refractivity contribution in [1.29, 1.82) is 0 Å². The lowest BCUT2D eigenvalue weighted by atomic mass is 10.0. The lowest BCUT2D eigenvalue weighted by Gasteiger charge is -2.05. The van der Waals surface area contributed by atoms with Crippen LogP contribution in [-0.4, -0.2) is 10.9 Å². The summed E-state index contributed by atoms with van der Waals surface area (Å²) in [5, 5.41) is 2.85. The van der Waals surface area contributed by atoms with E-state index < -0.39 is 0 Å². The van der Waals surface area contributed by atoms with Crippen LogP contribution in [0.2, 0.25) is 0 Å². The number of thiazole rings is 1. The summed E-state index contributed by atoms with van der Waals surface area (Å²) in [4.78, 5) is 15.3. The monoisotopic (exact) mass is 246 g/mol. The van der Waals surface area contributed by atoms with E-state index in [1.54, 1.807) is 11.3 Å². The van der Waals surface area contributed by atoms with Crippen LogP contribution in [0, 0.1) is 13.8 Å². The number of carbonyl (C=O) groups excluding carboxylic acids is 1. The topological polar surface area (TPSA) is 56.0 Å². The van der Waals surface area contributed by atoms with Crippen LogP contribution in [0.5, 0.6) is 0 Å². The van der Waals surface area contributed by atoms with Crippen molar-refractivity contribution in [2.75, 3.05) is 0 Å². The summed E-state index contributed by atoms with van der Waals surface area (Å²) >= 11 is 1.55. The van der Waals surface area contributed by atoms with E-state index in [-0.39, 0.29) is 12.3 Å². The molecule has 3 nitrogen and oxygen atoms in total. The number of benzene rings is 1. The van der Waals surface area contributed by atoms with Gasteiger partial charge in [-0.15, -0.1) is 11.3 Å². The zero-order chi connectivity index (χ0) is 12.4. The summed E-state index contributed by atoms with van der Waals surface area (Å²) in [6, 6.07) is 6.17. The first-order valence-electron chi connectivity index (χ1n) is 5.37. The van der Waals surface area contributed by atoms with Crippen molar-refractivity contribution in [2.45, 2.75) is 20.3 Å². The van der Waals surface area contributed by atoms with E-state index in [1.807, 2.05) is 11.4 Å². The number of nitrogens with zero attached hydrogens (tertiary/aromatic N) is 1. The Kier molecular flexibility index (Phi) is 3.24. The Morgan fingerprint density at radius 2 is 2.00 bits per heavy atom. The van der Waals surface area contributed by atoms with Gasteiger partial charge >= 0.3 is 0 Å². The first-order chi connectivity index (χ1) is 8.08. The molecule has 0 atom stereocenters. The van der Waals surface area contributed by atoms with Gasteiger partial charge < -0.3 is 5.73 Å². The number of nitrogens with two attached hydrogens (primary N) is 1. The highest BCUT2D eigenvalue weighted by Gasteiger charge is 2.10. The number of amides is 1. The Balaban J connectivity index is 2.40. The number of carbonyl (C=O) groups is 1. The van der Waals surface area contributed by atoms with Crippen molar-refractivity contribution in [1.82, 2.24) is 4.98 Å². The van der Waals surface area contributed by atoms with Crippen LogP contribution < -0.4 is 5.73 Å². The van der Waals surface area contributed by atoms with Gasteiger partial charge in [-0.1, -0.05) is 18.2 Å². The van der Waals surface area contributed by atoms with Gasteiger partial charge in [0.15, 0.2) is 0 Å². The van der Waals surface area contributed by atoms with Gasteiger partial charge in [-0.25, -0.2) is 4.98 Å². The Hall–Kier alpha value is -1.68. The molecule has 1 aromatic heterocycles. The van der Waals surface area contributed by atoms with Gasteiger partial charge in [0.05, 0.1) is 12.1 Å². The molecule has 0 spiro atoms. The molecular formula is C13H14N2OS. The zero-order valence-corrected chi connectivity index (χ0v) is 10.7. The molecule has 1 aromatic carbocycles. The van der Waals surface area contributed by atoms with E-state index in [0.29, 0.717) is 0 Å². The number of hydrogen-bond acceptors (Lipinski definition) is 3. The maximum atomic E-state index is 10.8. The van der Waals surface area contributed by atoms with E-state index in [0.717, 1.165) is 16.3 Å². The van der Waals surface area contributed by atoms with Crippen molar-refractivity contribution < 1.29 is 4.79 Å². The fourth-order valence-electron chi connectivity index (χ4n) is 1.83. The van der Waals surface area contributed by atoms with Gasteiger partial charge in [-0.2, -0.15) is 0 Å². The second-order valence-electron chi connectivity index (χ2n) is 4.05. The van der Waals surface area contributed by atoms with Crippen LogP contribution >= 0.6 is 11.3 Å². The van der Waals surface area contributed by atoms with E-state index in [2.05, 4.69) is 31.0 Å². The van der Waals surface area contributed by atoms with Crippen LogP contribution in [0.4, 0.5) is 0 Å². The molecule has 2 rings (SSSR count). The highest BCUT2D eigenvalue weighted by atomic mass is 32.1. The van der Waals surface area contributed by atoms with E-state index in [9.17, 15) is 4.79 Å². The third-order valence-corrected chi connectivity index (χ3v) is 3.51. The average Bonchev–Trinajstić information content (AvgIpc) is 2.65. The van der Waals surface area contributed by atoms with Crippen LogP contribution in [0.15, 0.2) is 23.6 Å². The molecule has 88 valence electrons. The molecule has 0 saturated carbocycles. The molecule has 1 amide bonds. The fraction of sp³-hybridized carbons (Fsp3) is 0.231. The molecule has 0 aliphatic heterocycles. The SMILES string of the molecule is Cc1cccc(C)c1-c1nc(CC(N)=O)cs1. The second-order valence-corrected chi connectivity index (χ2v) is 4.91. The summed E-state index contributed by atoms with van der Waals surface area (Å²) in [7, 11) is 0. The van der Waals surface area contributed by atoms with E-state index in [4.69, 9.17) is 5.73 Å². The van der Waals surface area contributed by atoms with Crippen molar-refractivity contribution >= 4 is 17.2 Å². The minimum atomic E-state index is -0.344. The quantitative estimate of drug-likeness (QED) is 0.904. The van der Waals surface area contributed by atoms with Crippen LogP contribution in [-0.2, 0) is 11.2 Å². The minimum Gasteiger partial charge on any atom is -0.369 e. The largest absolute Gasteiger partial charge is 0.369 e. The number of aromatic nitrogens is 1. The molecule has 2 aromatic rings. The Morgan fingerprint density at radius 3 is 2.59 bits per heavy atom. The van der Waals surface area contributed by atoms with Crippen molar-refractivity contribution in [2.24, 2.45) is 5.73 Å². The molecule has 1 heterocycles. The Bertz CT molecular complexity index is 540. The molecule has 0 aliphatic rings. The predicted octanol–water partition coefficient (Wildman–Crippen LogP) is 2.45. The minimum absolute atomic E-state index is 0.210. The third-order valence-electron chi connectivity index (χ3n) is 2.60. The maximum Gasteiger partial charge on any atom is 0.223 e. The lowest BCUT2D eigenvalue weighted by Crippen LogP contribution is -2.13. The standard InChI is InChI=1S/C13H14N2OS/c1-8-4-3-5-9(2)12(8)13-15-10(7-17-13)6-11(14)16/h3-5,7H,6H2,1-2H3,(H2,14,16). The smallest absolute Gasteiger partial charge is 0.223 e. The highest BCUT2D eigenvalue weighted by Crippen LogP contribution is 2.29. The van der Waals surface area contributed by atoms with Gasteiger partial charge in [0.25, 0.3) is 0 Å². The highest BCUT2D eigenvalue weighted by molar-refractivity contribution is 7.13. The zero-order valence-electron chi connectivity index (χ0n) is 9.86. The molecule has 0 saturated heterocycles. The van der Waals surface area contributed by atoms with Gasteiger partial charge in [0.1, 0.15) is 5.01 Å². The Labute approximate surface area is 104 Å². The second kappa shape index (κ2) is 4.67. The van der Waals surface area contributed by atoms with Crippen LogP contribution in [0.3, 0.4) is 0 Å². The molecule has 0 fully saturated rings. The molecule has 0 unspecified atom stereocenters. The van der Waals surface area contributed by atoms with Crippen molar-refractivity contribution in [3.05, 3.63) is 40.4 Å². The fourth-order valence-corrected chi connectivity index (χ4v) is 2.83. The van der Waals surface area contributed by atoms with E-state index in [1.165, 1.54) is 11.1 Å². The van der Waals surface area contributed by atoms with Crippen LogP contribution in [0.25, 0.3) is 10.6 Å². The molecule has 0 aliphatic carbocycles. The lowest BCUT2D eigenvalue weighted by molar-refractivity contribution is -0.117. The molecule has 0 bridgehead atoms. The summed E-state index contributed by atoms with van der Waals surface area (Å²) in [6.07, 6.45) is 0.210. The number of rotatable bonds is 3. The number of hydrogen-bond donors (Lipinski definition) is 1. The molecule has 2 N–H and O–H groups in total. The van der Waals surface area contributed by atoms with Crippen molar-refractivity contribution in [3.63, 3.8) is 0 Å². The summed E-state index contributed by atoms with van der Waals surface area (Å²) < 4.78 is 0. The average molecular weight is 246 g/mol. The third kappa shape index (κ3) is 2.53. The Morgan fingerprint density at radius 1 is 1.35 bits per heavy atom. The van der Waals surface area contributed by atoms with Gasteiger partial charge in [-0.3, -0.25) is 4.79 Å². The van der Waals surface area contributed by atoms with Gasteiger partial charge in [0, 0.05) is 10.9 Å². The van der Waals surface area contributed by atoms with Gasteiger partial charge in [-0.05, 0) is 25.0 Å². The number of primary amides is 1. The predicted molar refractivity (Wildman–Crippen MR) is 69.9 cm³/mol.